The van der Waals surface area contributed by atoms with E-state index in [9.17, 15) is 9.50 Å². The summed E-state index contributed by atoms with van der Waals surface area (Å²) in [6.45, 7) is 1.94. The number of hydrogen-bond acceptors (Lipinski definition) is 4. The van der Waals surface area contributed by atoms with E-state index < -0.39 is 0 Å². The molecule has 3 aromatic rings. The summed E-state index contributed by atoms with van der Waals surface area (Å²) in [6.07, 6.45) is 5.41. The summed E-state index contributed by atoms with van der Waals surface area (Å²) in [5.74, 6) is -0.267. The minimum Gasteiger partial charge on any atom is -0.395 e. The highest BCUT2D eigenvalue weighted by molar-refractivity contribution is 5.31. The topological polar surface area (TPSA) is 54.2 Å². The number of pyridine rings is 1. The zero-order valence-electron chi connectivity index (χ0n) is 13.2. The molecule has 2 aromatic heterocycles. The van der Waals surface area contributed by atoms with Crippen LogP contribution in [0.15, 0.2) is 61.1 Å². The molecule has 0 atom stereocenters. The van der Waals surface area contributed by atoms with E-state index in [4.69, 9.17) is 0 Å². The largest absolute Gasteiger partial charge is 0.395 e. The third-order valence-corrected chi connectivity index (χ3v) is 3.67. The van der Waals surface area contributed by atoms with Crippen molar-refractivity contribution in [2.75, 3.05) is 13.2 Å². The lowest BCUT2D eigenvalue weighted by Crippen LogP contribution is -2.26. The fraction of sp³-hybridized carbons (Fsp3) is 0.222. The molecule has 0 unspecified atom stereocenters. The summed E-state index contributed by atoms with van der Waals surface area (Å²) in [5, 5.41) is 13.8. The maximum absolute atomic E-state index is 13.0. The number of benzene rings is 1. The van der Waals surface area contributed by atoms with Crippen molar-refractivity contribution >= 4 is 0 Å². The van der Waals surface area contributed by atoms with Gasteiger partial charge >= 0.3 is 0 Å². The Morgan fingerprint density at radius 3 is 2.62 bits per heavy atom. The predicted molar refractivity (Wildman–Crippen MR) is 89.0 cm³/mol. The molecule has 5 nitrogen and oxygen atoms in total. The molecule has 3 rings (SSSR count). The molecular formula is C18H19FN4O. The molecule has 0 aliphatic rings. The smallest absolute Gasteiger partial charge is 0.123 e. The maximum atomic E-state index is 13.0. The quantitative estimate of drug-likeness (QED) is 0.724. The Labute approximate surface area is 140 Å². The first-order valence-corrected chi connectivity index (χ1v) is 7.77. The van der Waals surface area contributed by atoms with E-state index in [0.717, 1.165) is 16.9 Å². The molecule has 1 aromatic carbocycles. The van der Waals surface area contributed by atoms with Gasteiger partial charge in [0.1, 0.15) is 5.82 Å². The Morgan fingerprint density at radius 1 is 1.08 bits per heavy atom. The molecule has 24 heavy (non-hydrogen) atoms. The van der Waals surface area contributed by atoms with Crippen LogP contribution in [0.1, 0.15) is 11.3 Å². The van der Waals surface area contributed by atoms with Crippen LogP contribution < -0.4 is 0 Å². The number of rotatable bonds is 7. The molecule has 0 saturated heterocycles. The minimum absolute atomic E-state index is 0.0823. The van der Waals surface area contributed by atoms with Gasteiger partial charge in [0.25, 0.3) is 0 Å². The van der Waals surface area contributed by atoms with Gasteiger partial charge in [-0.3, -0.25) is 9.88 Å². The van der Waals surface area contributed by atoms with Gasteiger partial charge in [-0.15, -0.1) is 0 Å². The van der Waals surface area contributed by atoms with E-state index in [1.54, 1.807) is 23.0 Å². The van der Waals surface area contributed by atoms with Crippen LogP contribution in [0, 0.1) is 5.82 Å². The van der Waals surface area contributed by atoms with Crippen molar-refractivity contribution in [2.24, 2.45) is 0 Å². The van der Waals surface area contributed by atoms with Crippen LogP contribution in [-0.2, 0) is 13.1 Å². The molecule has 0 fully saturated rings. The number of aromatic nitrogens is 3. The van der Waals surface area contributed by atoms with Crippen LogP contribution in [0.4, 0.5) is 4.39 Å². The number of aliphatic hydroxyl groups is 1. The van der Waals surface area contributed by atoms with Crippen molar-refractivity contribution < 1.29 is 9.50 Å². The Morgan fingerprint density at radius 2 is 1.92 bits per heavy atom. The maximum Gasteiger partial charge on any atom is 0.123 e. The van der Waals surface area contributed by atoms with Gasteiger partial charge in [0.05, 0.1) is 18.0 Å². The van der Waals surface area contributed by atoms with Gasteiger partial charge in [-0.05, 0) is 42.0 Å². The standard InChI is InChI=1S/C18H19FN4O/c19-16-3-5-18(6-4-16)23-9-7-17(21-23)14-22(10-11-24)13-15-2-1-8-20-12-15/h1-9,12,24H,10-11,13-14H2. The normalized spacial score (nSPS) is 11.1. The summed E-state index contributed by atoms with van der Waals surface area (Å²) in [5.41, 5.74) is 2.78. The van der Waals surface area contributed by atoms with Crippen LogP contribution in [0.3, 0.4) is 0 Å². The molecule has 124 valence electrons. The molecular weight excluding hydrogens is 307 g/mol. The highest BCUT2D eigenvalue weighted by Crippen LogP contribution is 2.11. The van der Waals surface area contributed by atoms with Crippen molar-refractivity contribution in [2.45, 2.75) is 13.1 Å². The molecule has 1 N–H and O–H groups in total. The van der Waals surface area contributed by atoms with Crippen molar-refractivity contribution in [1.29, 1.82) is 0 Å². The van der Waals surface area contributed by atoms with Crippen LogP contribution >= 0.6 is 0 Å². The third kappa shape index (κ3) is 4.24. The zero-order chi connectivity index (χ0) is 16.8. The van der Waals surface area contributed by atoms with Crippen molar-refractivity contribution in [3.05, 3.63) is 78.1 Å². The SMILES string of the molecule is OCCN(Cc1cccnc1)Cc1ccn(-c2ccc(F)cc2)n1. The Balaban J connectivity index is 1.70. The Hall–Kier alpha value is -2.57. The fourth-order valence-electron chi connectivity index (χ4n) is 2.52. The number of aliphatic hydroxyl groups excluding tert-OH is 1. The first kappa shape index (κ1) is 16.3. The second kappa shape index (κ2) is 7.81. The number of hydrogen-bond donors (Lipinski definition) is 1. The highest BCUT2D eigenvalue weighted by atomic mass is 19.1. The number of halogens is 1. The van der Waals surface area contributed by atoms with Crippen molar-refractivity contribution in [1.82, 2.24) is 19.7 Å². The van der Waals surface area contributed by atoms with Gasteiger partial charge < -0.3 is 5.11 Å². The molecule has 0 radical (unpaired) electrons. The van der Waals surface area contributed by atoms with Crippen molar-refractivity contribution in [3.63, 3.8) is 0 Å². The average Bonchev–Trinajstić information content (AvgIpc) is 3.05. The summed E-state index contributed by atoms with van der Waals surface area (Å²) < 4.78 is 14.7. The van der Waals surface area contributed by atoms with Gasteiger partial charge in [-0.2, -0.15) is 5.10 Å². The van der Waals surface area contributed by atoms with Gasteiger partial charge in [0.15, 0.2) is 0 Å². The number of nitrogens with zero attached hydrogens (tertiary/aromatic N) is 4. The van der Waals surface area contributed by atoms with E-state index in [1.165, 1.54) is 12.1 Å². The molecule has 2 heterocycles. The van der Waals surface area contributed by atoms with E-state index in [2.05, 4.69) is 15.0 Å². The second-order valence-electron chi connectivity index (χ2n) is 5.52. The summed E-state index contributed by atoms with van der Waals surface area (Å²) in [7, 11) is 0. The fourth-order valence-corrected chi connectivity index (χ4v) is 2.52. The zero-order valence-corrected chi connectivity index (χ0v) is 13.2. The van der Waals surface area contributed by atoms with Gasteiger partial charge in [0.2, 0.25) is 0 Å². The van der Waals surface area contributed by atoms with E-state index >= 15 is 0 Å². The molecule has 0 bridgehead atoms. The first-order chi connectivity index (χ1) is 11.7. The molecule has 0 amide bonds. The van der Waals surface area contributed by atoms with Gasteiger partial charge in [0, 0.05) is 38.2 Å². The van der Waals surface area contributed by atoms with Crippen LogP contribution in [0.25, 0.3) is 5.69 Å². The van der Waals surface area contributed by atoms with Crippen LogP contribution in [0.5, 0.6) is 0 Å². The monoisotopic (exact) mass is 326 g/mol. The predicted octanol–water partition coefficient (Wildman–Crippen LogP) is 2.40. The lowest BCUT2D eigenvalue weighted by atomic mass is 10.2. The highest BCUT2D eigenvalue weighted by Gasteiger charge is 2.09. The molecule has 0 saturated carbocycles. The van der Waals surface area contributed by atoms with E-state index in [1.807, 2.05) is 30.6 Å². The summed E-state index contributed by atoms with van der Waals surface area (Å²) in [4.78, 5) is 6.22. The Kier molecular flexibility index (Phi) is 5.30. The molecule has 0 aliphatic carbocycles. The average molecular weight is 326 g/mol. The van der Waals surface area contributed by atoms with Crippen LogP contribution in [-0.4, -0.2) is 37.9 Å². The third-order valence-electron chi connectivity index (χ3n) is 3.67. The summed E-state index contributed by atoms with van der Waals surface area (Å²) in [6, 6.07) is 12.0. The van der Waals surface area contributed by atoms with Gasteiger partial charge in [-0.25, -0.2) is 9.07 Å². The molecule has 6 heteroatoms. The lowest BCUT2D eigenvalue weighted by molar-refractivity contribution is 0.182. The second-order valence-corrected chi connectivity index (χ2v) is 5.52. The van der Waals surface area contributed by atoms with E-state index in [-0.39, 0.29) is 12.4 Å². The first-order valence-electron chi connectivity index (χ1n) is 7.77. The van der Waals surface area contributed by atoms with E-state index in [0.29, 0.717) is 19.6 Å². The molecule has 0 spiro atoms. The minimum atomic E-state index is -0.267. The lowest BCUT2D eigenvalue weighted by Gasteiger charge is -2.20. The van der Waals surface area contributed by atoms with Gasteiger partial charge in [-0.1, -0.05) is 6.07 Å². The van der Waals surface area contributed by atoms with Crippen molar-refractivity contribution in [3.8, 4) is 5.69 Å². The summed E-state index contributed by atoms with van der Waals surface area (Å²) >= 11 is 0. The molecule has 0 aliphatic heterocycles. The Bertz CT molecular complexity index is 758. The van der Waals surface area contributed by atoms with Crippen LogP contribution in [0.2, 0.25) is 0 Å².